The molecule has 0 spiro atoms. The second-order valence-corrected chi connectivity index (χ2v) is 3.90. The lowest BCUT2D eigenvalue weighted by Gasteiger charge is -2.37. The molecule has 12 heavy (non-hydrogen) atoms. The molecule has 3 heteroatoms. The molecule has 1 aliphatic carbocycles. The third-order valence-electron chi connectivity index (χ3n) is 2.83. The second-order valence-electron chi connectivity index (χ2n) is 3.90. The standard InChI is InChI=1S/C9H17NO2/c11-9-5-8(6-9)7-10-1-3-12-4-2-10/h8-9,11H,1-7H2. The fourth-order valence-corrected chi connectivity index (χ4v) is 2.00. The summed E-state index contributed by atoms with van der Waals surface area (Å²) in [5, 5.41) is 9.10. The highest BCUT2D eigenvalue weighted by molar-refractivity contribution is 4.81. The van der Waals surface area contributed by atoms with Gasteiger partial charge in [0.25, 0.3) is 0 Å². The van der Waals surface area contributed by atoms with E-state index < -0.39 is 0 Å². The smallest absolute Gasteiger partial charge is 0.0594 e. The van der Waals surface area contributed by atoms with E-state index in [1.54, 1.807) is 0 Å². The molecule has 0 atom stereocenters. The predicted octanol–water partition coefficient (Wildman–Crippen LogP) is 0.0895. The van der Waals surface area contributed by atoms with E-state index in [-0.39, 0.29) is 6.10 Å². The molecule has 2 fully saturated rings. The number of rotatable bonds is 2. The van der Waals surface area contributed by atoms with Gasteiger partial charge in [0, 0.05) is 19.6 Å². The predicted molar refractivity (Wildman–Crippen MR) is 46.0 cm³/mol. The summed E-state index contributed by atoms with van der Waals surface area (Å²) >= 11 is 0. The molecule has 0 unspecified atom stereocenters. The fraction of sp³-hybridized carbons (Fsp3) is 1.00. The third-order valence-corrected chi connectivity index (χ3v) is 2.83. The van der Waals surface area contributed by atoms with Crippen LogP contribution in [0.5, 0.6) is 0 Å². The minimum Gasteiger partial charge on any atom is -0.393 e. The Morgan fingerprint density at radius 2 is 1.92 bits per heavy atom. The van der Waals surface area contributed by atoms with Crippen LogP contribution in [0.25, 0.3) is 0 Å². The molecule has 3 nitrogen and oxygen atoms in total. The van der Waals surface area contributed by atoms with Crippen molar-refractivity contribution in [2.75, 3.05) is 32.8 Å². The molecule has 0 radical (unpaired) electrons. The molecule has 1 saturated heterocycles. The molecule has 0 aromatic rings. The topological polar surface area (TPSA) is 32.7 Å². The molecular weight excluding hydrogens is 154 g/mol. The minimum absolute atomic E-state index is 0.00367. The van der Waals surface area contributed by atoms with Crippen LogP contribution in [0.4, 0.5) is 0 Å². The molecule has 0 aromatic carbocycles. The van der Waals surface area contributed by atoms with Crippen molar-refractivity contribution in [2.45, 2.75) is 18.9 Å². The van der Waals surface area contributed by atoms with Crippen molar-refractivity contribution < 1.29 is 9.84 Å². The van der Waals surface area contributed by atoms with Gasteiger partial charge in [0.2, 0.25) is 0 Å². The molecule has 1 heterocycles. The lowest BCUT2D eigenvalue weighted by Crippen LogP contribution is -2.43. The van der Waals surface area contributed by atoms with Gasteiger partial charge in [-0.05, 0) is 18.8 Å². The van der Waals surface area contributed by atoms with E-state index in [1.165, 1.54) is 6.54 Å². The van der Waals surface area contributed by atoms with Gasteiger partial charge in [0.05, 0.1) is 19.3 Å². The highest BCUT2D eigenvalue weighted by Gasteiger charge is 2.28. The van der Waals surface area contributed by atoms with E-state index in [0.29, 0.717) is 0 Å². The van der Waals surface area contributed by atoms with Crippen molar-refractivity contribution in [3.8, 4) is 0 Å². The number of aliphatic hydroxyl groups excluding tert-OH is 1. The Morgan fingerprint density at radius 3 is 2.50 bits per heavy atom. The normalized spacial score (nSPS) is 37.8. The van der Waals surface area contributed by atoms with Crippen molar-refractivity contribution in [3.05, 3.63) is 0 Å². The average molecular weight is 171 g/mol. The maximum absolute atomic E-state index is 9.10. The van der Waals surface area contributed by atoms with Gasteiger partial charge in [-0.1, -0.05) is 0 Å². The summed E-state index contributed by atoms with van der Waals surface area (Å²) in [5.41, 5.74) is 0. The van der Waals surface area contributed by atoms with Crippen LogP contribution in [0.3, 0.4) is 0 Å². The zero-order valence-corrected chi connectivity index (χ0v) is 7.41. The van der Waals surface area contributed by atoms with Crippen LogP contribution in [0.15, 0.2) is 0 Å². The summed E-state index contributed by atoms with van der Waals surface area (Å²) in [6, 6.07) is 0. The molecule has 0 aromatic heterocycles. The van der Waals surface area contributed by atoms with Gasteiger partial charge in [0.1, 0.15) is 0 Å². The van der Waals surface area contributed by atoms with Gasteiger partial charge in [-0.2, -0.15) is 0 Å². The average Bonchev–Trinajstić information content (AvgIpc) is 2.04. The summed E-state index contributed by atoms with van der Waals surface area (Å²) in [7, 11) is 0. The van der Waals surface area contributed by atoms with Gasteiger partial charge in [0.15, 0.2) is 0 Å². The highest BCUT2D eigenvalue weighted by atomic mass is 16.5. The first-order valence-electron chi connectivity index (χ1n) is 4.83. The summed E-state index contributed by atoms with van der Waals surface area (Å²) in [6.07, 6.45) is 2.02. The largest absolute Gasteiger partial charge is 0.393 e. The minimum atomic E-state index is -0.00367. The van der Waals surface area contributed by atoms with Crippen LogP contribution in [0, 0.1) is 5.92 Å². The first-order valence-corrected chi connectivity index (χ1v) is 4.83. The Kier molecular flexibility index (Phi) is 2.63. The number of morpholine rings is 1. The second kappa shape index (κ2) is 3.73. The monoisotopic (exact) mass is 171 g/mol. The van der Waals surface area contributed by atoms with E-state index in [2.05, 4.69) is 4.90 Å². The number of ether oxygens (including phenoxy) is 1. The zero-order valence-electron chi connectivity index (χ0n) is 7.41. The Bertz CT molecular complexity index is 139. The van der Waals surface area contributed by atoms with Gasteiger partial charge >= 0.3 is 0 Å². The molecule has 1 N–H and O–H groups in total. The van der Waals surface area contributed by atoms with E-state index in [4.69, 9.17) is 9.84 Å². The Hall–Kier alpha value is -0.120. The van der Waals surface area contributed by atoms with Crippen LogP contribution in [0.2, 0.25) is 0 Å². The first-order chi connectivity index (χ1) is 5.84. The Morgan fingerprint density at radius 1 is 1.25 bits per heavy atom. The molecule has 70 valence electrons. The van der Waals surface area contributed by atoms with E-state index in [9.17, 15) is 0 Å². The molecular formula is C9H17NO2. The van der Waals surface area contributed by atoms with Crippen molar-refractivity contribution in [1.29, 1.82) is 0 Å². The lowest BCUT2D eigenvalue weighted by atomic mass is 9.82. The molecule has 0 bridgehead atoms. The number of nitrogens with zero attached hydrogens (tertiary/aromatic N) is 1. The van der Waals surface area contributed by atoms with Crippen LogP contribution in [-0.4, -0.2) is 49.0 Å². The lowest BCUT2D eigenvalue weighted by molar-refractivity contribution is -0.00784. The molecule has 1 saturated carbocycles. The molecule has 2 aliphatic rings. The maximum atomic E-state index is 9.10. The number of hydrogen-bond donors (Lipinski definition) is 1. The Labute approximate surface area is 73.3 Å². The molecule has 0 amide bonds. The fourth-order valence-electron chi connectivity index (χ4n) is 2.00. The van der Waals surface area contributed by atoms with Crippen LogP contribution in [0.1, 0.15) is 12.8 Å². The van der Waals surface area contributed by atoms with Crippen LogP contribution >= 0.6 is 0 Å². The number of hydrogen-bond acceptors (Lipinski definition) is 3. The van der Waals surface area contributed by atoms with E-state index >= 15 is 0 Å². The van der Waals surface area contributed by atoms with Crippen molar-refractivity contribution in [3.63, 3.8) is 0 Å². The van der Waals surface area contributed by atoms with Gasteiger partial charge < -0.3 is 9.84 Å². The summed E-state index contributed by atoms with van der Waals surface area (Å²) in [4.78, 5) is 2.44. The van der Waals surface area contributed by atoms with E-state index in [0.717, 1.165) is 45.1 Å². The molecule has 2 rings (SSSR count). The van der Waals surface area contributed by atoms with Crippen molar-refractivity contribution in [2.24, 2.45) is 5.92 Å². The maximum Gasteiger partial charge on any atom is 0.0594 e. The third kappa shape index (κ3) is 1.97. The first kappa shape index (κ1) is 8.48. The quantitative estimate of drug-likeness (QED) is 0.639. The SMILES string of the molecule is OC1CC(CN2CCOCC2)C1. The van der Waals surface area contributed by atoms with Gasteiger partial charge in [-0.15, -0.1) is 0 Å². The summed E-state index contributed by atoms with van der Waals surface area (Å²) in [5.74, 6) is 0.748. The van der Waals surface area contributed by atoms with E-state index in [1.807, 2.05) is 0 Å². The number of aliphatic hydroxyl groups is 1. The molecule has 1 aliphatic heterocycles. The van der Waals surface area contributed by atoms with Crippen LogP contribution < -0.4 is 0 Å². The van der Waals surface area contributed by atoms with Crippen molar-refractivity contribution >= 4 is 0 Å². The summed E-state index contributed by atoms with van der Waals surface area (Å²) in [6.45, 7) is 5.09. The highest BCUT2D eigenvalue weighted by Crippen LogP contribution is 2.27. The van der Waals surface area contributed by atoms with Gasteiger partial charge in [-0.3, -0.25) is 4.90 Å². The Balaban J connectivity index is 1.65. The zero-order chi connectivity index (χ0) is 8.39. The van der Waals surface area contributed by atoms with Crippen LogP contribution in [-0.2, 0) is 4.74 Å². The van der Waals surface area contributed by atoms with Gasteiger partial charge in [-0.25, -0.2) is 0 Å². The summed E-state index contributed by atoms with van der Waals surface area (Å²) < 4.78 is 5.26. The van der Waals surface area contributed by atoms with Crippen molar-refractivity contribution in [1.82, 2.24) is 4.90 Å².